The first-order chi connectivity index (χ1) is 12.0. The third kappa shape index (κ3) is 25.5. The van der Waals surface area contributed by atoms with Gasteiger partial charge in [-0.15, -0.1) is 0 Å². The average molecular weight is 363 g/mol. The lowest BCUT2D eigenvalue weighted by Gasteiger charge is -2.20. The lowest BCUT2D eigenvalue weighted by atomic mass is 9.94. The van der Waals surface area contributed by atoms with E-state index in [1.807, 2.05) is 6.92 Å². The molecule has 0 radical (unpaired) electrons. The molecule has 0 aromatic heterocycles. The Kier molecular flexibility index (Phi) is 29.4. The quantitative estimate of drug-likeness (QED) is 0.148. The molecule has 0 spiro atoms. The van der Waals surface area contributed by atoms with E-state index >= 15 is 0 Å². The lowest BCUT2D eigenvalue weighted by molar-refractivity contribution is 0.0686. The second kappa shape index (κ2) is 25.4. The molecule has 0 aromatic carbocycles. The third-order valence-corrected chi connectivity index (χ3v) is 3.92. The second-order valence-electron chi connectivity index (χ2n) is 6.06. The van der Waals surface area contributed by atoms with Crippen LogP contribution in [-0.2, 0) is 9.53 Å². The van der Waals surface area contributed by atoms with Gasteiger partial charge in [0.1, 0.15) is 0 Å². The van der Waals surface area contributed by atoms with E-state index in [0.717, 1.165) is 64.3 Å². The van der Waals surface area contributed by atoms with Gasteiger partial charge in [-0.3, -0.25) is 0 Å². The van der Waals surface area contributed by atoms with Gasteiger partial charge in [-0.2, -0.15) is 0 Å². The van der Waals surface area contributed by atoms with Crippen LogP contribution in [0.1, 0.15) is 72.6 Å². The van der Waals surface area contributed by atoms with Crippen molar-refractivity contribution in [3.8, 4) is 0 Å². The van der Waals surface area contributed by atoms with Crippen LogP contribution in [-0.4, -0.2) is 43.1 Å². The summed E-state index contributed by atoms with van der Waals surface area (Å²) < 4.78 is 5.35. The van der Waals surface area contributed by atoms with E-state index in [1.165, 1.54) is 6.42 Å². The minimum atomic E-state index is 0.239. The molecule has 7 nitrogen and oxygen atoms in total. The van der Waals surface area contributed by atoms with Gasteiger partial charge in [-0.25, -0.2) is 15.7 Å². The number of hydrogen-bond donors (Lipinski definition) is 5. The Hall–Kier alpha value is -0.820. The number of hydrogen-bond acceptors (Lipinski definition) is 7. The molecule has 0 heterocycles. The Morgan fingerprint density at radius 2 is 1.56 bits per heavy atom. The van der Waals surface area contributed by atoms with Gasteiger partial charge < -0.3 is 21.4 Å². The van der Waals surface area contributed by atoms with Crippen molar-refractivity contribution in [2.75, 3.05) is 19.7 Å². The van der Waals surface area contributed by atoms with Crippen molar-refractivity contribution < 1.29 is 14.7 Å². The van der Waals surface area contributed by atoms with E-state index in [2.05, 4.69) is 26.3 Å². The minimum Gasteiger partial charge on any atom is -0.379 e. The molecule has 0 saturated carbocycles. The summed E-state index contributed by atoms with van der Waals surface area (Å²) in [6.45, 7) is 10.8. The Bertz CT molecular complexity index is 271. The van der Waals surface area contributed by atoms with Gasteiger partial charge in [0, 0.05) is 12.6 Å². The second-order valence-corrected chi connectivity index (χ2v) is 6.06. The molecule has 3 unspecified atom stereocenters. The molecule has 25 heavy (non-hydrogen) atoms. The zero-order valence-electron chi connectivity index (χ0n) is 16.7. The van der Waals surface area contributed by atoms with Crippen molar-refractivity contribution in [2.45, 2.75) is 84.8 Å². The third-order valence-electron chi connectivity index (χ3n) is 3.92. The number of nitrogens with one attached hydrogen (secondary N) is 2. The summed E-state index contributed by atoms with van der Waals surface area (Å²) in [4.78, 5) is 8.35. The average Bonchev–Trinajstić information content (AvgIpc) is 2.58. The van der Waals surface area contributed by atoms with E-state index in [4.69, 9.17) is 31.6 Å². The van der Waals surface area contributed by atoms with E-state index in [9.17, 15) is 0 Å². The highest BCUT2D eigenvalue weighted by molar-refractivity contribution is 5.26. The normalized spacial score (nSPS) is 13.4. The number of carbonyl (C=O) groups excluding carboxylic acids is 1. The fraction of sp³-hybridized carbons (Fsp3) is 0.944. The molecule has 0 aliphatic carbocycles. The molecule has 0 aromatic rings. The number of ether oxygens (including phenoxy) is 1. The Morgan fingerprint density at radius 1 is 1.08 bits per heavy atom. The fourth-order valence-corrected chi connectivity index (χ4v) is 2.38. The van der Waals surface area contributed by atoms with Crippen LogP contribution in [0.3, 0.4) is 0 Å². The highest BCUT2D eigenvalue weighted by atomic mass is 16.5. The first kappa shape index (κ1) is 29.0. The number of unbranched alkanes of at least 4 members (excludes halogenated alkanes) is 2. The van der Waals surface area contributed by atoms with Crippen molar-refractivity contribution >= 4 is 6.08 Å². The first-order valence-electron chi connectivity index (χ1n) is 9.43. The van der Waals surface area contributed by atoms with Gasteiger partial charge in [-0.05, 0) is 71.4 Å². The molecule has 0 aliphatic rings. The van der Waals surface area contributed by atoms with Crippen LogP contribution < -0.4 is 16.9 Å². The summed E-state index contributed by atoms with van der Waals surface area (Å²) in [7, 11) is 0. The molecule has 0 saturated heterocycles. The molecule has 152 valence electrons. The zero-order chi connectivity index (χ0) is 19.9. The number of hydroxylamine groups is 1. The molecular formula is C18H42N4O3. The molecule has 0 bridgehead atoms. The summed E-state index contributed by atoms with van der Waals surface area (Å²) in [6.07, 6.45) is 8.99. The van der Waals surface area contributed by atoms with Crippen LogP contribution in [0.5, 0.6) is 0 Å². The lowest BCUT2D eigenvalue weighted by Crippen LogP contribution is -2.31. The van der Waals surface area contributed by atoms with Crippen molar-refractivity contribution in [1.29, 1.82) is 5.41 Å². The highest BCUT2D eigenvalue weighted by Crippen LogP contribution is 2.13. The van der Waals surface area contributed by atoms with Gasteiger partial charge in [-0.1, -0.05) is 20.3 Å². The van der Waals surface area contributed by atoms with Crippen molar-refractivity contribution in [3.05, 3.63) is 0 Å². The molecule has 0 amide bonds. The van der Waals surface area contributed by atoms with Crippen LogP contribution in [0, 0.1) is 11.3 Å². The maximum Gasteiger partial charge on any atom is 0.231 e. The fourth-order valence-electron chi connectivity index (χ4n) is 2.38. The van der Waals surface area contributed by atoms with Gasteiger partial charge in [0.15, 0.2) is 0 Å². The van der Waals surface area contributed by atoms with E-state index < -0.39 is 0 Å². The highest BCUT2D eigenvalue weighted by Gasteiger charge is 2.13. The summed E-state index contributed by atoms with van der Waals surface area (Å²) in [5, 5.41) is 14.2. The smallest absolute Gasteiger partial charge is 0.231 e. The molecule has 0 rings (SSSR count). The van der Waals surface area contributed by atoms with Crippen LogP contribution >= 0.6 is 0 Å². The Balaban J connectivity index is -0.000000338. The van der Waals surface area contributed by atoms with Crippen LogP contribution in [0.4, 0.5) is 0 Å². The van der Waals surface area contributed by atoms with Crippen molar-refractivity contribution in [2.24, 2.45) is 17.4 Å². The predicted molar refractivity (Wildman–Crippen MR) is 103 cm³/mol. The summed E-state index contributed by atoms with van der Waals surface area (Å²) in [5.41, 5.74) is 13.1. The Morgan fingerprint density at radius 3 is 1.92 bits per heavy atom. The number of rotatable bonds is 13. The van der Waals surface area contributed by atoms with E-state index in [1.54, 1.807) is 0 Å². The molecule has 3 atom stereocenters. The van der Waals surface area contributed by atoms with Gasteiger partial charge in [0.05, 0.1) is 6.10 Å². The monoisotopic (exact) mass is 362 g/mol. The van der Waals surface area contributed by atoms with E-state index in [-0.39, 0.29) is 6.04 Å². The molecule has 7 heteroatoms. The van der Waals surface area contributed by atoms with Crippen molar-refractivity contribution in [3.63, 3.8) is 0 Å². The Labute approximate surface area is 154 Å². The number of nitrogens with two attached hydrogens (primary N) is 2. The molecule has 7 N–H and O–H groups in total. The number of isocyanates is 1. The summed E-state index contributed by atoms with van der Waals surface area (Å²) in [5.74, 6) is 0.534. The van der Waals surface area contributed by atoms with E-state index in [0.29, 0.717) is 12.0 Å². The van der Waals surface area contributed by atoms with Crippen LogP contribution in [0.25, 0.3) is 0 Å². The molecule has 0 aliphatic heterocycles. The standard InChI is InChI=1S/C9H22N2O.C8H19NO.CHNO/c1-3-9(11-12)8(2)6-4-5-7-10;1-3-10-8(2)6-4-5-7-9;2-1-3/h8-9,11-12H,3-7,10H2,1-2H3;8H,3-7,9H2,1-2H3;2H. The summed E-state index contributed by atoms with van der Waals surface area (Å²) >= 11 is 0. The first-order valence-corrected chi connectivity index (χ1v) is 9.43. The minimum absolute atomic E-state index is 0.239. The largest absolute Gasteiger partial charge is 0.379 e. The maximum atomic E-state index is 8.78. The molecule has 0 fully saturated rings. The van der Waals surface area contributed by atoms with Crippen LogP contribution in [0.15, 0.2) is 0 Å². The maximum absolute atomic E-state index is 8.78. The van der Waals surface area contributed by atoms with Gasteiger partial charge >= 0.3 is 0 Å². The molecular weight excluding hydrogens is 320 g/mol. The summed E-state index contributed by atoms with van der Waals surface area (Å²) in [6, 6.07) is 0.239. The van der Waals surface area contributed by atoms with Crippen LogP contribution in [0.2, 0.25) is 0 Å². The SMILES string of the molecule is CCC(NO)C(C)CCCCN.CCOC(C)CCCCN.N=C=O. The zero-order valence-corrected chi connectivity index (χ0v) is 16.7. The topological polar surface area (TPSA) is 134 Å². The van der Waals surface area contributed by atoms with Gasteiger partial charge in [0.2, 0.25) is 6.08 Å². The van der Waals surface area contributed by atoms with Gasteiger partial charge in [0.25, 0.3) is 0 Å². The van der Waals surface area contributed by atoms with Crippen molar-refractivity contribution in [1.82, 2.24) is 5.48 Å². The predicted octanol–water partition coefficient (Wildman–Crippen LogP) is 2.95.